The highest BCUT2D eigenvalue weighted by Crippen LogP contribution is 2.27. The fourth-order valence-corrected chi connectivity index (χ4v) is 3.28. The number of methoxy groups -OCH3 is 2. The molecule has 0 saturated heterocycles. The molecule has 1 aromatic carbocycles. The smallest absolute Gasteiger partial charge is 0.224 e. The number of hydrogen-bond acceptors (Lipinski definition) is 5. The molecule has 0 unspecified atom stereocenters. The summed E-state index contributed by atoms with van der Waals surface area (Å²) in [6.07, 6.45) is 2.05. The molecule has 0 saturated carbocycles. The van der Waals surface area contributed by atoms with E-state index in [1.165, 1.54) is 0 Å². The van der Waals surface area contributed by atoms with Gasteiger partial charge in [0.15, 0.2) is 11.5 Å². The fourth-order valence-electron chi connectivity index (χ4n) is 2.58. The molecule has 0 atom stereocenters. The van der Waals surface area contributed by atoms with E-state index < -0.39 is 0 Å². The van der Waals surface area contributed by atoms with E-state index in [1.54, 1.807) is 37.8 Å². The van der Waals surface area contributed by atoms with Crippen molar-refractivity contribution in [3.05, 3.63) is 65.2 Å². The summed E-state index contributed by atoms with van der Waals surface area (Å²) in [7, 11) is 3.17. The number of ether oxygens (including phenoxy) is 2. The molecular weight excluding hydrogens is 348 g/mol. The van der Waals surface area contributed by atoms with Gasteiger partial charge in [0.2, 0.25) is 5.91 Å². The van der Waals surface area contributed by atoms with Crippen LogP contribution in [-0.4, -0.2) is 25.1 Å². The molecule has 0 radical (unpaired) electrons. The zero-order valence-corrected chi connectivity index (χ0v) is 15.5. The second-order valence-electron chi connectivity index (χ2n) is 5.67. The van der Waals surface area contributed by atoms with Crippen LogP contribution >= 0.6 is 11.3 Å². The van der Waals surface area contributed by atoms with Crippen molar-refractivity contribution >= 4 is 17.2 Å². The van der Waals surface area contributed by atoms with Crippen LogP contribution in [0.2, 0.25) is 0 Å². The first-order valence-corrected chi connectivity index (χ1v) is 9.04. The number of aromatic nitrogens is 1. The van der Waals surface area contributed by atoms with E-state index in [0.717, 1.165) is 21.7 Å². The second kappa shape index (κ2) is 8.49. The molecule has 0 fully saturated rings. The molecule has 0 aliphatic rings. The van der Waals surface area contributed by atoms with Gasteiger partial charge in [-0.25, -0.2) is 0 Å². The molecule has 5 nitrogen and oxygen atoms in total. The lowest BCUT2D eigenvalue weighted by Gasteiger charge is -2.10. The van der Waals surface area contributed by atoms with E-state index in [9.17, 15) is 4.79 Å². The first-order chi connectivity index (χ1) is 12.7. The van der Waals surface area contributed by atoms with Crippen LogP contribution in [0.5, 0.6) is 11.5 Å². The van der Waals surface area contributed by atoms with Crippen LogP contribution in [0.1, 0.15) is 11.1 Å². The largest absolute Gasteiger partial charge is 0.493 e. The summed E-state index contributed by atoms with van der Waals surface area (Å²) in [6, 6.07) is 13.4. The lowest BCUT2D eigenvalue weighted by molar-refractivity contribution is -0.120. The van der Waals surface area contributed by atoms with Crippen molar-refractivity contribution in [1.29, 1.82) is 0 Å². The molecule has 3 aromatic rings. The Kier molecular flexibility index (Phi) is 5.86. The molecule has 0 bridgehead atoms. The molecule has 1 amide bonds. The molecule has 0 aliphatic heterocycles. The molecule has 134 valence electrons. The summed E-state index contributed by atoms with van der Waals surface area (Å²) in [5.41, 5.74) is 2.81. The van der Waals surface area contributed by atoms with E-state index >= 15 is 0 Å². The zero-order valence-electron chi connectivity index (χ0n) is 14.7. The third kappa shape index (κ3) is 4.40. The Morgan fingerprint density at radius 1 is 1.08 bits per heavy atom. The summed E-state index contributed by atoms with van der Waals surface area (Å²) in [6.45, 7) is 0.465. The summed E-state index contributed by atoms with van der Waals surface area (Å²) in [5.74, 6) is 1.22. The van der Waals surface area contributed by atoms with E-state index in [1.807, 2.05) is 41.8 Å². The number of hydrogen-bond donors (Lipinski definition) is 1. The molecule has 0 spiro atoms. The van der Waals surface area contributed by atoms with Crippen molar-refractivity contribution < 1.29 is 14.3 Å². The SMILES string of the molecule is COc1ccc(CC(=O)NCc2ccnc(-c3cccs3)c2)cc1OC. The van der Waals surface area contributed by atoms with E-state index in [-0.39, 0.29) is 12.3 Å². The van der Waals surface area contributed by atoms with Gasteiger partial charge in [0, 0.05) is 12.7 Å². The van der Waals surface area contributed by atoms with Crippen LogP contribution in [-0.2, 0) is 17.8 Å². The number of rotatable bonds is 7. The standard InChI is InChI=1S/C20H20N2O3S/c1-24-17-6-5-14(11-18(17)25-2)12-20(23)22-13-15-7-8-21-16(10-15)19-4-3-9-26-19/h3-11H,12-13H2,1-2H3,(H,22,23). The Labute approximate surface area is 156 Å². The van der Waals surface area contributed by atoms with Gasteiger partial charge in [-0.3, -0.25) is 9.78 Å². The normalized spacial score (nSPS) is 10.4. The number of carbonyl (C=O) groups excluding carboxylic acids is 1. The molecule has 1 N–H and O–H groups in total. The highest BCUT2D eigenvalue weighted by atomic mass is 32.1. The number of pyridine rings is 1. The summed E-state index contributed by atoms with van der Waals surface area (Å²) >= 11 is 1.65. The molecular formula is C20H20N2O3S. The van der Waals surface area contributed by atoms with Gasteiger partial charge in [-0.1, -0.05) is 12.1 Å². The van der Waals surface area contributed by atoms with E-state index in [4.69, 9.17) is 9.47 Å². The van der Waals surface area contributed by atoms with Gasteiger partial charge in [0.25, 0.3) is 0 Å². The molecule has 2 heterocycles. The Balaban J connectivity index is 1.60. The number of benzene rings is 1. The maximum atomic E-state index is 12.3. The van der Waals surface area contributed by atoms with Crippen molar-refractivity contribution in [3.63, 3.8) is 0 Å². The lowest BCUT2D eigenvalue weighted by atomic mass is 10.1. The van der Waals surface area contributed by atoms with Gasteiger partial charge in [-0.15, -0.1) is 11.3 Å². The molecule has 6 heteroatoms. The third-order valence-electron chi connectivity index (χ3n) is 3.90. The predicted molar refractivity (Wildman–Crippen MR) is 103 cm³/mol. The third-order valence-corrected chi connectivity index (χ3v) is 4.79. The first kappa shape index (κ1) is 17.9. The molecule has 3 rings (SSSR count). The maximum Gasteiger partial charge on any atom is 0.224 e. The number of thiophene rings is 1. The Morgan fingerprint density at radius 3 is 2.65 bits per heavy atom. The Morgan fingerprint density at radius 2 is 1.92 bits per heavy atom. The lowest BCUT2D eigenvalue weighted by Crippen LogP contribution is -2.24. The highest BCUT2D eigenvalue weighted by molar-refractivity contribution is 7.13. The van der Waals surface area contributed by atoms with E-state index in [0.29, 0.717) is 18.0 Å². The van der Waals surface area contributed by atoms with Crippen molar-refractivity contribution in [2.45, 2.75) is 13.0 Å². The predicted octanol–water partition coefficient (Wildman–Crippen LogP) is 3.69. The highest BCUT2D eigenvalue weighted by Gasteiger charge is 2.09. The Hall–Kier alpha value is -2.86. The number of amides is 1. The zero-order chi connectivity index (χ0) is 18.4. The summed E-state index contributed by atoms with van der Waals surface area (Å²) in [4.78, 5) is 17.8. The second-order valence-corrected chi connectivity index (χ2v) is 6.62. The van der Waals surface area contributed by atoms with Crippen LogP contribution in [0.25, 0.3) is 10.6 Å². The van der Waals surface area contributed by atoms with Crippen LogP contribution in [0.3, 0.4) is 0 Å². The number of nitrogens with one attached hydrogen (secondary N) is 1. The average Bonchev–Trinajstić information content (AvgIpc) is 3.21. The van der Waals surface area contributed by atoms with E-state index in [2.05, 4.69) is 10.3 Å². The average molecular weight is 368 g/mol. The maximum absolute atomic E-state index is 12.3. The minimum atomic E-state index is -0.0493. The van der Waals surface area contributed by atoms with Crippen molar-refractivity contribution in [2.24, 2.45) is 0 Å². The van der Waals surface area contributed by atoms with Gasteiger partial charge >= 0.3 is 0 Å². The topological polar surface area (TPSA) is 60.5 Å². The monoisotopic (exact) mass is 368 g/mol. The number of nitrogens with zero attached hydrogens (tertiary/aromatic N) is 1. The minimum absolute atomic E-state index is 0.0493. The van der Waals surface area contributed by atoms with Crippen molar-refractivity contribution in [1.82, 2.24) is 10.3 Å². The van der Waals surface area contributed by atoms with Gasteiger partial charge < -0.3 is 14.8 Å². The number of carbonyl (C=O) groups is 1. The van der Waals surface area contributed by atoms with Gasteiger partial charge in [0.1, 0.15) is 0 Å². The summed E-state index contributed by atoms with van der Waals surface area (Å²) in [5, 5.41) is 4.97. The first-order valence-electron chi connectivity index (χ1n) is 8.16. The van der Waals surface area contributed by atoms with Crippen molar-refractivity contribution in [2.75, 3.05) is 14.2 Å². The van der Waals surface area contributed by atoms with Crippen LogP contribution < -0.4 is 14.8 Å². The quantitative estimate of drug-likeness (QED) is 0.691. The Bertz CT molecular complexity index is 879. The molecule has 2 aromatic heterocycles. The van der Waals surface area contributed by atoms with Crippen LogP contribution in [0.4, 0.5) is 0 Å². The van der Waals surface area contributed by atoms with Crippen LogP contribution in [0.15, 0.2) is 54.0 Å². The van der Waals surface area contributed by atoms with Crippen molar-refractivity contribution in [3.8, 4) is 22.1 Å². The summed E-state index contributed by atoms with van der Waals surface area (Å²) < 4.78 is 10.5. The fraction of sp³-hybridized carbons (Fsp3) is 0.200. The van der Waals surface area contributed by atoms with Gasteiger partial charge in [0.05, 0.1) is 31.2 Å². The minimum Gasteiger partial charge on any atom is -0.493 e. The van der Waals surface area contributed by atoms with Gasteiger partial charge in [-0.2, -0.15) is 0 Å². The van der Waals surface area contributed by atoms with Crippen LogP contribution in [0, 0.1) is 0 Å². The van der Waals surface area contributed by atoms with Gasteiger partial charge in [-0.05, 0) is 46.8 Å². The molecule has 26 heavy (non-hydrogen) atoms. The molecule has 0 aliphatic carbocycles.